The molecule has 16 heavy (non-hydrogen) atoms. The first-order valence-electron chi connectivity index (χ1n) is 6.82. The van der Waals surface area contributed by atoms with E-state index < -0.39 is 0 Å². The second-order valence-electron chi connectivity index (χ2n) is 6.22. The molecule has 0 aromatic carbocycles. The molecule has 0 bridgehead atoms. The average Bonchev–Trinajstić information content (AvgIpc) is 2.40. The normalized spacial score (nSPS) is 32.2. The third kappa shape index (κ3) is 3.72. The largest absolute Gasteiger partial charge is 0.315 e. The molecule has 1 unspecified atom stereocenters. The highest BCUT2D eigenvalue weighted by molar-refractivity contribution is 4.83. The van der Waals surface area contributed by atoms with Crippen molar-refractivity contribution in [2.45, 2.75) is 39.2 Å². The molecular weight excluding hydrogens is 198 g/mol. The Morgan fingerprint density at radius 1 is 1.25 bits per heavy atom. The third-order valence-corrected chi connectivity index (χ3v) is 3.75. The molecule has 0 amide bonds. The topological polar surface area (TPSA) is 27.3 Å². The van der Waals surface area contributed by atoms with Crippen LogP contribution in [0.1, 0.15) is 33.1 Å². The molecule has 2 rings (SSSR count). The molecule has 94 valence electrons. The summed E-state index contributed by atoms with van der Waals surface area (Å²) in [7, 11) is 0. The van der Waals surface area contributed by atoms with E-state index in [-0.39, 0.29) is 0 Å². The summed E-state index contributed by atoms with van der Waals surface area (Å²) in [6.07, 6.45) is 4.14. The van der Waals surface area contributed by atoms with Gasteiger partial charge < -0.3 is 10.6 Å². The SMILES string of the molecule is CC1(C)CNCCN(CC2CCCCN2)C1. The van der Waals surface area contributed by atoms with Crippen molar-refractivity contribution in [1.82, 2.24) is 15.5 Å². The van der Waals surface area contributed by atoms with E-state index in [4.69, 9.17) is 0 Å². The summed E-state index contributed by atoms with van der Waals surface area (Å²) in [4.78, 5) is 2.64. The van der Waals surface area contributed by atoms with Crippen LogP contribution in [0, 0.1) is 5.41 Å². The lowest BCUT2D eigenvalue weighted by Crippen LogP contribution is -2.46. The van der Waals surface area contributed by atoms with Gasteiger partial charge in [0.05, 0.1) is 0 Å². The molecule has 1 atom stereocenters. The van der Waals surface area contributed by atoms with Crippen molar-refractivity contribution in [2.75, 3.05) is 39.3 Å². The number of rotatable bonds is 2. The van der Waals surface area contributed by atoms with Gasteiger partial charge in [0, 0.05) is 38.8 Å². The van der Waals surface area contributed by atoms with Gasteiger partial charge in [-0.25, -0.2) is 0 Å². The van der Waals surface area contributed by atoms with Gasteiger partial charge >= 0.3 is 0 Å². The highest BCUT2D eigenvalue weighted by atomic mass is 15.2. The minimum atomic E-state index is 0.422. The molecule has 2 fully saturated rings. The van der Waals surface area contributed by atoms with Crippen molar-refractivity contribution >= 4 is 0 Å². The van der Waals surface area contributed by atoms with E-state index in [2.05, 4.69) is 29.4 Å². The highest BCUT2D eigenvalue weighted by Crippen LogP contribution is 2.18. The lowest BCUT2D eigenvalue weighted by atomic mass is 9.93. The quantitative estimate of drug-likeness (QED) is 0.736. The van der Waals surface area contributed by atoms with Crippen LogP contribution in [0.15, 0.2) is 0 Å². The molecule has 0 spiro atoms. The molecule has 2 saturated heterocycles. The number of nitrogens with zero attached hydrogens (tertiary/aromatic N) is 1. The van der Waals surface area contributed by atoms with Gasteiger partial charge in [-0.3, -0.25) is 4.90 Å². The van der Waals surface area contributed by atoms with Gasteiger partial charge in [-0.15, -0.1) is 0 Å². The summed E-state index contributed by atoms with van der Waals surface area (Å²) >= 11 is 0. The summed E-state index contributed by atoms with van der Waals surface area (Å²) in [6.45, 7) is 11.9. The van der Waals surface area contributed by atoms with Crippen LogP contribution >= 0.6 is 0 Å². The summed E-state index contributed by atoms with van der Waals surface area (Å²) in [5, 5.41) is 7.19. The maximum absolute atomic E-state index is 3.65. The summed E-state index contributed by atoms with van der Waals surface area (Å²) in [5.41, 5.74) is 0.422. The molecule has 3 nitrogen and oxygen atoms in total. The number of hydrogen-bond donors (Lipinski definition) is 2. The van der Waals surface area contributed by atoms with E-state index in [9.17, 15) is 0 Å². The van der Waals surface area contributed by atoms with Crippen molar-refractivity contribution in [1.29, 1.82) is 0 Å². The van der Waals surface area contributed by atoms with E-state index in [1.807, 2.05) is 0 Å². The van der Waals surface area contributed by atoms with E-state index in [1.54, 1.807) is 0 Å². The molecule has 0 aliphatic carbocycles. The van der Waals surface area contributed by atoms with E-state index >= 15 is 0 Å². The lowest BCUT2D eigenvalue weighted by Gasteiger charge is -2.33. The Hall–Kier alpha value is -0.120. The molecule has 3 heteroatoms. The zero-order valence-electron chi connectivity index (χ0n) is 10.9. The first kappa shape index (κ1) is 12.3. The predicted octanol–water partition coefficient (Wildman–Crippen LogP) is 1.06. The van der Waals surface area contributed by atoms with Gasteiger partial charge in [0.25, 0.3) is 0 Å². The zero-order chi connectivity index (χ0) is 11.4. The van der Waals surface area contributed by atoms with Crippen molar-refractivity contribution in [3.05, 3.63) is 0 Å². The Morgan fingerprint density at radius 3 is 2.88 bits per heavy atom. The minimum absolute atomic E-state index is 0.422. The van der Waals surface area contributed by atoms with Gasteiger partial charge in [-0.1, -0.05) is 20.3 Å². The molecule has 0 aromatic heterocycles. The standard InChI is InChI=1S/C13H27N3/c1-13(2)10-14-7-8-16(11-13)9-12-5-3-4-6-15-12/h12,14-15H,3-11H2,1-2H3. The smallest absolute Gasteiger partial charge is 0.0195 e. The molecule has 2 heterocycles. The maximum atomic E-state index is 3.65. The second kappa shape index (κ2) is 5.48. The summed E-state index contributed by atoms with van der Waals surface area (Å²) < 4.78 is 0. The molecular formula is C13H27N3. The van der Waals surface area contributed by atoms with Crippen molar-refractivity contribution in [3.63, 3.8) is 0 Å². The fourth-order valence-electron chi connectivity index (χ4n) is 2.95. The molecule has 0 radical (unpaired) electrons. The van der Waals surface area contributed by atoms with Crippen LogP contribution in [0.25, 0.3) is 0 Å². The van der Waals surface area contributed by atoms with E-state index in [0.717, 1.165) is 19.1 Å². The van der Waals surface area contributed by atoms with Crippen LogP contribution in [0.4, 0.5) is 0 Å². The lowest BCUT2D eigenvalue weighted by molar-refractivity contribution is 0.179. The Kier molecular flexibility index (Phi) is 4.22. The molecule has 0 saturated carbocycles. The maximum Gasteiger partial charge on any atom is 0.0195 e. The fraction of sp³-hybridized carbons (Fsp3) is 1.00. The van der Waals surface area contributed by atoms with Crippen LogP contribution in [0.5, 0.6) is 0 Å². The van der Waals surface area contributed by atoms with Crippen LogP contribution in [-0.4, -0.2) is 50.2 Å². The molecule has 2 N–H and O–H groups in total. The van der Waals surface area contributed by atoms with Gasteiger partial charge in [-0.05, 0) is 24.8 Å². The summed E-state index contributed by atoms with van der Waals surface area (Å²) in [5.74, 6) is 0. The van der Waals surface area contributed by atoms with Crippen LogP contribution < -0.4 is 10.6 Å². The first-order valence-corrected chi connectivity index (χ1v) is 6.82. The monoisotopic (exact) mass is 225 g/mol. The Morgan fingerprint density at radius 2 is 2.12 bits per heavy atom. The number of piperidine rings is 1. The molecule has 2 aliphatic heterocycles. The highest BCUT2D eigenvalue weighted by Gasteiger charge is 2.26. The van der Waals surface area contributed by atoms with Crippen LogP contribution in [-0.2, 0) is 0 Å². The summed E-state index contributed by atoms with van der Waals surface area (Å²) in [6, 6.07) is 0.739. The van der Waals surface area contributed by atoms with Crippen molar-refractivity contribution in [2.24, 2.45) is 5.41 Å². The molecule has 0 aromatic rings. The van der Waals surface area contributed by atoms with Gasteiger partial charge in [0.2, 0.25) is 0 Å². The fourth-order valence-corrected chi connectivity index (χ4v) is 2.95. The Bertz CT molecular complexity index is 209. The number of hydrogen-bond acceptors (Lipinski definition) is 3. The minimum Gasteiger partial charge on any atom is -0.315 e. The van der Waals surface area contributed by atoms with Crippen LogP contribution in [0.2, 0.25) is 0 Å². The number of nitrogens with one attached hydrogen (secondary N) is 2. The van der Waals surface area contributed by atoms with Crippen molar-refractivity contribution in [3.8, 4) is 0 Å². The average molecular weight is 225 g/mol. The van der Waals surface area contributed by atoms with E-state index in [0.29, 0.717) is 5.41 Å². The zero-order valence-corrected chi connectivity index (χ0v) is 10.9. The van der Waals surface area contributed by atoms with E-state index in [1.165, 1.54) is 45.4 Å². The first-order chi connectivity index (χ1) is 7.66. The van der Waals surface area contributed by atoms with Gasteiger partial charge in [0.1, 0.15) is 0 Å². The molecule has 2 aliphatic rings. The van der Waals surface area contributed by atoms with Crippen LogP contribution in [0.3, 0.4) is 0 Å². The second-order valence-corrected chi connectivity index (χ2v) is 6.22. The van der Waals surface area contributed by atoms with Gasteiger partial charge in [0.15, 0.2) is 0 Å². The van der Waals surface area contributed by atoms with Gasteiger partial charge in [-0.2, -0.15) is 0 Å². The van der Waals surface area contributed by atoms with Crippen molar-refractivity contribution < 1.29 is 0 Å². The Labute approximate surface area is 100.0 Å². The Balaban J connectivity index is 1.82. The third-order valence-electron chi connectivity index (χ3n) is 3.75. The predicted molar refractivity (Wildman–Crippen MR) is 68.7 cm³/mol.